The predicted octanol–water partition coefficient (Wildman–Crippen LogP) is 4.76. The van der Waals surface area contributed by atoms with Crippen molar-refractivity contribution in [3.8, 4) is 5.69 Å². The molecule has 1 aromatic heterocycles. The van der Waals surface area contributed by atoms with Crippen molar-refractivity contribution in [2.24, 2.45) is 5.92 Å². The van der Waals surface area contributed by atoms with Gasteiger partial charge in [0.25, 0.3) is 5.91 Å². The van der Waals surface area contributed by atoms with Gasteiger partial charge in [-0.25, -0.2) is 9.07 Å². The lowest BCUT2D eigenvalue weighted by Gasteiger charge is -2.36. The first-order valence-corrected chi connectivity index (χ1v) is 12.5. The summed E-state index contributed by atoms with van der Waals surface area (Å²) in [5.41, 5.74) is 3.49. The van der Waals surface area contributed by atoms with E-state index in [9.17, 15) is 9.18 Å². The van der Waals surface area contributed by atoms with Crippen LogP contribution in [0.3, 0.4) is 0 Å². The van der Waals surface area contributed by atoms with Gasteiger partial charge in [-0.2, -0.15) is 5.10 Å². The molecule has 0 bridgehead atoms. The molecule has 6 nitrogen and oxygen atoms in total. The number of rotatable bonds is 8. The number of anilines is 1. The van der Waals surface area contributed by atoms with Gasteiger partial charge in [-0.1, -0.05) is 39.0 Å². The fourth-order valence-corrected chi connectivity index (χ4v) is 4.71. The van der Waals surface area contributed by atoms with Crippen LogP contribution in [0.2, 0.25) is 0 Å². The molecule has 0 unspecified atom stereocenters. The van der Waals surface area contributed by atoms with Crippen molar-refractivity contribution >= 4 is 11.7 Å². The number of para-hydroxylation sites is 1. The number of hydrogen-bond acceptors (Lipinski definition) is 4. The van der Waals surface area contributed by atoms with Crippen LogP contribution < -0.4 is 4.90 Å². The molecular formula is C28H36FN5O. The van der Waals surface area contributed by atoms with Crippen LogP contribution in [0.5, 0.6) is 0 Å². The zero-order valence-corrected chi connectivity index (χ0v) is 21.2. The number of aromatic nitrogens is 2. The van der Waals surface area contributed by atoms with Gasteiger partial charge >= 0.3 is 0 Å². The second-order valence-electron chi connectivity index (χ2n) is 9.64. The van der Waals surface area contributed by atoms with Crippen molar-refractivity contribution in [1.29, 1.82) is 0 Å². The standard InChI is InChI=1S/C28H36FN5O/c1-5-31-15-17-32(18-16-31)27-26(22(4)30-34(27)25-9-7-6-8-10-25)20-33(19-21(2)3)28(35)23-11-13-24(29)14-12-23/h6-14,21H,5,15-20H2,1-4H3. The van der Waals surface area contributed by atoms with Crippen LogP contribution in [0.25, 0.3) is 5.69 Å². The van der Waals surface area contributed by atoms with Gasteiger partial charge in [-0.15, -0.1) is 0 Å². The Labute approximate surface area is 207 Å². The maximum absolute atomic E-state index is 13.5. The van der Waals surface area contributed by atoms with Crippen molar-refractivity contribution < 1.29 is 9.18 Å². The monoisotopic (exact) mass is 477 g/mol. The third kappa shape index (κ3) is 5.73. The Balaban J connectivity index is 1.73. The van der Waals surface area contributed by atoms with Crippen molar-refractivity contribution in [3.05, 3.63) is 77.2 Å². The minimum atomic E-state index is -0.342. The number of piperazine rings is 1. The number of likely N-dealkylation sites (N-methyl/N-ethyl adjacent to an activating group) is 1. The number of nitrogens with zero attached hydrogens (tertiary/aromatic N) is 5. The molecule has 0 radical (unpaired) electrons. The van der Waals surface area contributed by atoms with E-state index in [0.717, 1.165) is 55.5 Å². The van der Waals surface area contributed by atoms with E-state index in [2.05, 4.69) is 42.7 Å². The molecule has 35 heavy (non-hydrogen) atoms. The summed E-state index contributed by atoms with van der Waals surface area (Å²) in [4.78, 5) is 20.2. The van der Waals surface area contributed by atoms with Gasteiger partial charge in [0.2, 0.25) is 0 Å². The topological polar surface area (TPSA) is 44.6 Å². The van der Waals surface area contributed by atoms with Crippen LogP contribution in [-0.2, 0) is 6.54 Å². The smallest absolute Gasteiger partial charge is 0.254 e. The quantitative estimate of drug-likeness (QED) is 0.469. The first-order chi connectivity index (χ1) is 16.9. The highest BCUT2D eigenvalue weighted by Crippen LogP contribution is 2.30. The van der Waals surface area contributed by atoms with Crippen molar-refractivity contribution in [2.75, 3.05) is 44.2 Å². The molecule has 4 rings (SSSR count). The van der Waals surface area contributed by atoms with Crippen LogP contribution in [0, 0.1) is 18.7 Å². The second kappa shape index (κ2) is 11.0. The Morgan fingerprint density at radius 2 is 1.69 bits per heavy atom. The molecule has 0 atom stereocenters. The van der Waals surface area contributed by atoms with Crippen LogP contribution in [0.1, 0.15) is 42.4 Å². The number of amides is 1. The predicted molar refractivity (Wildman–Crippen MR) is 139 cm³/mol. The highest BCUT2D eigenvalue weighted by Gasteiger charge is 2.28. The molecule has 0 spiro atoms. The van der Waals surface area contributed by atoms with Gasteiger partial charge in [0.05, 0.1) is 17.9 Å². The minimum absolute atomic E-state index is 0.0905. The summed E-state index contributed by atoms with van der Waals surface area (Å²) >= 11 is 0. The summed E-state index contributed by atoms with van der Waals surface area (Å²) in [6, 6.07) is 16.0. The van der Waals surface area contributed by atoms with E-state index in [1.165, 1.54) is 12.1 Å². The molecule has 3 aromatic rings. The lowest BCUT2D eigenvalue weighted by atomic mass is 10.1. The van der Waals surface area contributed by atoms with Gasteiger partial charge in [0.15, 0.2) is 0 Å². The Morgan fingerprint density at radius 1 is 1.03 bits per heavy atom. The highest BCUT2D eigenvalue weighted by atomic mass is 19.1. The van der Waals surface area contributed by atoms with Crippen LogP contribution in [0.15, 0.2) is 54.6 Å². The Hall–Kier alpha value is -3.19. The number of benzene rings is 2. The van der Waals surface area contributed by atoms with E-state index in [0.29, 0.717) is 24.6 Å². The number of aryl methyl sites for hydroxylation is 1. The van der Waals surface area contributed by atoms with Crippen LogP contribution in [-0.4, -0.2) is 64.8 Å². The van der Waals surface area contributed by atoms with Crippen molar-refractivity contribution in [1.82, 2.24) is 19.6 Å². The average Bonchev–Trinajstić information content (AvgIpc) is 3.19. The Kier molecular flexibility index (Phi) is 7.86. The Bertz CT molecular complexity index is 1120. The fourth-order valence-electron chi connectivity index (χ4n) is 4.71. The zero-order valence-electron chi connectivity index (χ0n) is 21.2. The first-order valence-electron chi connectivity index (χ1n) is 12.5. The summed E-state index contributed by atoms with van der Waals surface area (Å²) in [5, 5.41) is 4.94. The molecular weight excluding hydrogens is 441 g/mol. The summed E-state index contributed by atoms with van der Waals surface area (Å²) in [6.45, 7) is 14.4. The van der Waals surface area contributed by atoms with Crippen molar-refractivity contribution in [3.63, 3.8) is 0 Å². The molecule has 1 fully saturated rings. The summed E-state index contributed by atoms with van der Waals surface area (Å²) in [7, 11) is 0. The molecule has 1 saturated heterocycles. The lowest BCUT2D eigenvalue weighted by molar-refractivity contribution is 0.0722. The van der Waals surface area contributed by atoms with Gasteiger partial charge in [0.1, 0.15) is 11.6 Å². The molecule has 0 aliphatic carbocycles. The molecule has 1 amide bonds. The summed E-state index contributed by atoms with van der Waals surface area (Å²) in [6.07, 6.45) is 0. The number of carbonyl (C=O) groups is 1. The lowest BCUT2D eigenvalue weighted by Crippen LogP contribution is -2.47. The zero-order chi connectivity index (χ0) is 24.9. The van der Waals surface area contributed by atoms with E-state index in [1.807, 2.05) is 34.7 Å². The third-order valence-corrected chi connectivity index (χ3v) is 6.59. The summed E-state index contributed by atoms with van der Waals surface area (Å²) < 4.78 is 15.5. The number of halogens is 1. The number of hydrogen-bond donors (Lipinski definition) is 0. The molecule has 1 aliphatic rings. The van der Waals surface area contributed by atoms with E-state index in [-0.39, 0.29) is 11.7 Å². The number of carbonyl (C=O) groups excluding carboxylic acids is 1. The van der Waals surface area contributed by atoms with Crippen LogP contribution in [0.4, 0.5) is 10.2 Å². The summed E-state index contributed by atoms with van der Waals surface area (Å²) in [5.74, 6) is 0.920. The highest BCUT2D eigenvalue weighted by molar-refractivity contribution is 5.94. The van der Waals surface area contributed by atoms with E-state index in [4.69, 9.17) is 5.10 Å². The molecule has 7 heteroatoms. The van der Waals surface area contributed by atoms with Gasteiger partial charge in [-0.05, 0) is 55.8 Å². The first kappa shape index (κ1) is 24.9. The molecule has 2 aromatic carbocycles. The maximum Gasteiger partial charge on any atom is 0.254 e. The van der Waals surface area contributed by atoms with E-state index in [1.54, 1.807) is 12.1 Å². The fraction of sp³-hybridized carbons (Fsp3) is 0.429. The average molecular weight is 478 g/mol. The second-order valence-corrected chi connectivity index (χ2v) is 9.64. The molecule has 186 valence electrons. The van der Waals surface area contributed by atoms with Gasteiger partial charge in [-0.3, -0.25) is 4.79 Å². The molecule has 2 heterocycles. The minimum Gasteiger partial charge on any atom is -0.354 e. The van der Waals surface area contributed by atoms with E-state index >= 15 is 0 Å². The van der Waals surface area contributed by atoms with Gasteiger partial charge in [0, 0.05) is 43.9 Å². The third-order valence-electron chi connectivity index (χ3n) is 6.59. The Morgan fingerprint density at radius 3 is 2.29 bits per heavy atom. The molecule has 0 saturated carbocycles. The SMILES string of the molecule is CCN1CCN(c2c(CN(CC(C)C)C(=O)c3ccc(F)cc3)c(C)nn2-c2ccccc2)CC1. The maximum atomic E-state index is 13.5. The van der Waals surface area contributed by atoms with Crippen molar-refractivity contribution in [2.45, 2.75) is 34.2 Å². The van der Waals surface area contributed by atoms with Gasteiger partial charge < -0.3 is 14.7 Å². The normalized spacial score (nSPS) is 14.5. The molecule has 1 aliphatic heterocycles. The largest absolute Gasteiger partial charge is 0.354 e. The van der Waals surface area contributed by atoms with E-state index < -0.39 is 0 Å². The van der Waals surface area contributed by atoms with Crippen LogP contribution >= 0.6 is 0 Å². The molecule has 0 N–H and O–H groups in total.